The van der Waals surface area contributed by atoms with E-state index in [1.807, 2.05) is 49.5 Å². The summed E-state index contributed by atoms with van der Waals surface area (Å²) < 4.78 is 5.29. The molecule has 3 atom stereocenters. The van der Waals surface area contributed by atoms with E-state index in [0.29, 0.717) is 6.54 Å². The van der Waals surface area contributed by atoms with Crippen LogP contribution in [0.5, 0.6) is 5.75 Å². The Labute approximate surface area is 148 Å². The molecule has 3 N–H and O–H groups in total. The summed E-state index contributed by atoms with van der Waals surface area (Å²) >= 11 is 0. The van der Waals surface area contributed by atoms with Gasteiger partial charge in [0.25, 0.3) is 0 Å². The van der Waals surface area contributed by atoms with E-state index in [1.165, 1.54) is 0 Å². The van der Waals surface area contributed by atoms with Gasteiger partial charge in [-0.3, -0.25) is 15.2 Å². The summed E-state index contributed by atoms with van der Waals surface area (Å²) in [5.41, 5.74) is 8.45. The topological polar surface area (TPSA) is 75.3 Å². The molecule has 25 heavy (non-hydrogen) atoms. The second-order valence-electron chi connectivity index (χ2n) is 6.36. The summed E-state index contributed by atoms with van der Waals surface area (Å²) in [5, 5.41) is 3.12. The number of carbonyl (C=O) groups excluding carboxylic acids is 1. The highest BCUT2D eigenvalue weighted by Gasteiger charge is 2.34. The first-order valence-corrected chi connectivity index (χ1v) is 8.49. The maximum atomic E-state index is 12.7. The Morgan fingerprint density at radius 3 is 3.04 bits per heavy atom. The fraction of sp³-hybridized carbons (Fsp3) is 0.368. The monoisotopic (exact) mass is 340 g/mol. The number of ether oxygens (including phenoxy) is 1. The lowest BCUT2D eigenvalue weighted by Crippen LogP contribution is -2.41. The predicted octanol–water partition coefficient (Wildman–Crippen LogP) is 1.60. The van der Waals surface area contributed by atoms with Gasteiger partial charge in [0.1, 0.15) is 5.75 Å². The van der Waals surface area contributed by atoms with Crippen molar-refractivity contribution in [1.82, 2.24) is 21.2 Å². The highest BCUT2D eigenvalue weighted by molar-refractivity contribution is 5.80. The van der Waals surface area contributed by atoms with Crippen molar-refractivity contribution in [3.63, 3.8) is 0 Å². The molecule has 2 aromatic rings. The average molecular weight is 340 g/mol. The number of aromatic nitrogens is 1. The zero-order valence-corrected chi connectivity index (χ0v) is 14.5. The molecule has 1 amide bonds. The fourth-order valence-corrected chi connectivity index (χ4v) is 3.17. The average Bonchev–Trinajstić information content (AvgIpc) is 3.12. The zero-order valence-electron chi connectivity index (χ0n) is 14.5. The molecule has 3 unspecified atom stereocenters. The summed E-state index contributed by atoms with van der Waals surface area (Å²) in [6.45, 7) is 2.61. The lowest BCUT2D eigenvalue weighted by molar-refractivity contribution is -0.125. The Kier molecular flexibility index (Phi) is 5.63. The summed E-state index contributed by atoms with van der Waals surface area (Å²) in [6.07, 6.45) is 4.35. The summed E-state index contributed by atoms with van der Waals surface area (Å²) in [7, 11) is 1.64. The zero-order chi connectivity index (χ0) is 17.6. The van der Waals surface area contributed by atoms with E-state index in [1.54, 1.807) is 13.3 Å². The van der Waals surface area contributed by atoms with Gasteiger partial charge < -0.3 is 10.1 Å². The van der Waals surface area contributed by atoms with E-state index in [4.69, 9.17) is 4.74 Å². The lowest BCUT2D eigenvalue weighted by atomic mass is 9.93. The number of hydrogen-bond acceptors (Lipinski definition) is 5. The molecule has 6 heteroatoms. The van der Waals surface area contributed by atoms with Crippen LogP contribution in [0.4, 0.5) is 0 Å². The van der Waals surface area contributed by atoms with Crippen LogP contribution in [0.25, 0.3) is 0 Å². The van der Waals surface area contributed by atoms with Gasteiger partial charge in [0.15, 0.2) is 0 Å². The Balaban J connectivity index is 1.64. The SMILES string of the molecule is COc1cccc(C2NNCC2C(=O)NC(C)Cc2cccnc2)c1. The van der Waals surface area contributed by atoms with Crippen molar-refractivity contribution in [2.75, 3.05) is 13.7 Å². The van der Waals surface area contributed by atoms with Gasteiger partial charge in [0, 0.05) is 25.0 Å². The molecule has 1 aromatic carbocycles. The molecule has 132 valence electrons. The van der Waals surface area contributed by atoms with E-state index in [9.17, 15) is 4.79 Å². The van der Waals surface area contributed by atoms with Gasteiger partial charge in [-0.15, -0.1) is 0 Å². The largest absolute Gasteiger partial charge is 0.497 e. The Bertz CT molecular complexity index is 708. The number of hydrazine groups is 1. The van der Waals surface area contributed by atoms with Crippen LogP contribution in [0.3, 0.4) is 0 Å². The van der Waals surface area contributed by atoms with Crippen LogP contribution in [0.15, 0.2) is 48.8 Å². The molecule has 0 saturated carbocycles. The third-order valence-corrected chi connectivity index (χ3v) is 4.42. The Morgan fingerprint density at radius 1 is 1.40 bits per heavy atom. The molecular formula is C19H24N4O2. The maximum Gasteiger partial charge on any atom is 0.226 e. The van der Waals surface area contributed by atoms with Crippen LogP contribution < -0.4 is 20.9 Å². The molecule has 0 bridgehead atoms. The third kappa shape index (κ3) is 4.35. The molecule has 1 aromatic heterocycles. The maximum absolute atomic E-state index is 12.7. The minimum atomic E-state index is -0.177. The van der Waals surface area contributed by atoms with Crippen LogP contribution in [-0.4, -0.2) is 30.6 Å². The van der Waals surface area contributed by atoms with Gasteiger partial charge in [0.2, 0.25) is 5.91 Å². The minimum absolute atomic E-state index is 0.0433. The number of hydrogen-bond donors (Lipinski definition) is 3. The molecule has 0 aliphatic carbocycles. The number of amides is 1. The van der Waals surface area contributed by atoms with E-state index in [-0.39, 0.29) is 23.9 Å². The summed E-state index contributed by atoms with van der Waals surface area (Å²) in [6, 6.07) is 11.7. The van der Waals surface area contributed by atoms with Crippen LogP contribution in [-0.2, 0) is 11.2 Å². The number of nitrogens with zero attached hydrogens (tertiary/aromatic N) is 1. The van der Waals surface area contributed by atoms with E-state index < -0.39 is 0 Å². The number of carbonyl (C=O) groups is 1. The van der Waals surface area contributed by atoms with Gasteiger partial charge in [-0.25, -0.2) is 5.43 Å². The molecular weight excluding hydrogens is 316 g/mol. The Morgan fingerprint density at radius 2 is 2.28 bits per heavy atom. The van der Waals surface area contributed by atoms with Crippen molar-refractivity contribution in [3.8, 4) is 5.75 Å². The molecule has 3 rings (SSSR count). The molecule has 1 fully saturated rings. The first-order valence-electron chi connectivity index (χ1n) is 8.49. The molecule has 1 aliphatic rings. The number of benzene rings is 1. The summed E-state index contributed by atoms with van der Waals surface area (Å²) in [5.74, 6) is 0.653. The molecule has 1 saturated heterocycles. The summed E-state index contributed by atoms with van der Waals surface area (Å²) in [4.78, 5) is 16.9. The van der Waals surface area contributed by atoms with Crippen molar-refractivity contribution in [1.29, 1.82) is 0 Å². The molecule has 0 spiro atoms. The van der Waals surface area contributed by atoms with Crippen molar-refractivity contribution in [3.05, 3.63) is 59.9 Å². The standard InChI is InChI=1S/C19H24N4O2/c1-13(9-14-5-4-8-20-11-14)22-19(24)17-12-21-23-18(17)15-6-3-7-16(10-15)25-2/h3-8,10-11,13,17-18,21,23H,9,12H2,1-2H3,(H,22,24). The van der Waals surface area contributed by atoms with Crippen LogP contribution in [0.2, 0.25) is 0 Å². The van der Waals surface area contributed by atoms with Crippen molar-refractivity contribution in [2.24, 2.45) is 5.92 Å². The highest BCUT2D eigenvalue weighted by Crippen LogP contribution is 2.27. The lowest BCUT2D eigenvalue weighted by Gasteiger charge is -2.21. The van der Waals surface area contributed by atoms with Crippen molar-refractivity contribution in [2.45, 2.75) is 25.4 Å². The van der Waals surface area contributed by atoms with E-state index >= 15 is 0 Å². The third-order valence-electron chi connectivity index (χ3n) is 4.42. The van der Waals surface area contributed by atoms with Crippen LogP contribution in [0, 0.1) is 5.92 Å². The van der Waals surface area contributed by atoms with Crippen LogP contribution in [0.1, 0.15) is 24.1 Å². The van der Waals surface area contributed by atoms with Crippen molar-refractivity contribution >= 4 is 5.91 Å². The molecule has 6 nitrogen and oxygen atoms in total. The predicted molar refractivity (Wildman–Crippen MR) is 95.9 cm³/mol. The second-order valence-corrected chi connectivity index (χ2v) is 6.36. The molecule has 2 heterocycles. The van der Waals surface area contributed by atoms with Gasteiger partial charge in [-0.05, 0) is 42.7 Å². The molecule has 1 aliphatic heterocycles. The number of pyridine rings is 1. The van der Waals surface area contributed by atoms with Crippen LogP contribution >= 0.6 is 0 Å². The van der Waals surface area contributed by atoms with Gasteiger partial charge in [-0.2, -0.15) is 0 Å². The van der Waals surface area contributed by atoms with Gasteiger partial charge >= 0.3 is 0 Å². The smallest absolute Gasteiger partial charge is 0.226 e. The minimum Gasteiger partial charge on any atom is -0.497 e. The number of rotatable bonds is 6. The normalized spacial score (nSPS) is 20.9. The fourth-order valence-electron chi connectivity index (χ4n) is 3.17. The van der Waals surface area contributed by atoms with E-state index in [2.05, 4.69) is 21.2 Å². The first-order chi connectivity index (χ1) is 12.2. The number of methoxy groups -OCH3 is 1. The van der Waals surface area contributed by atoms with E-state index in [0.717, 1.165) is 23.3 Å². The Hall–Kier alpha value is -2.44. The highest BCUT2D eigenvalue weighted by atomic mass is 16.5. The first kappa shape index (κ1) is 17.4. The van der Waals surface area contributed by atoms with Gasteiger partial charge in [0.05, 0.1) is 19.1 Å². The quantitative estimate of drug-likeness (QED) is 0.745. The molecule has 0 radical (unpaired) electrons. The number of nitrogens with one attached hydrogen (secondary N) is 3. The second kappa shape index (κ2) is 8.09. The van der Waals surface area contributed by atoms with Gasteiger partial charge in [-0.1, -0.05) is 18.2 Å². The van der Waals surface area contributed by atoms with Crippen molar-refractivity contribution < 1.29 is 9.53 Å².